The average molecular weight is 265 g/mol. The number of oxime groups is 1. The fourth-order valence-corrected chi connectivity index (χ4v) is 1.77. The largest absolute Gasteiger partial charge is 0.478 e. The molecule has 4 N–H and O–H groups in total. The van der Waals surface area contributed by atoms with Crippen molar-refractivity contribution in [3.05, 3.63) is 23.8 Å². The van der Waals surface area contributed by atoms with Crippen LogP contribution in [0.1, 0.15) is 5.56 Å². The van der Waals surface area contributed by atoms with Crippen LogP contribution in [0.3, 0.4) is 0 Å². The molecule has 1 aliphatic heterocycles. The van der Waals surface area contributed by atoms with Crippen LogP contribution in [0.15, 0.2) is 23.4 Å². The van der Waals surface area contributed by atoms with Gasteiger partial charge in [0.05, 0.1) is 18.4 Å². The van der Waals surface area contributed by atoms with E-state index in [1.54, 1.807) is 6.07 Å². The monoisotopic (exact) mass is 265 g/mol. The lowest BCUT2D eigenvalue weighted by Gasteiger charge is -2.15. The van der Waals surface area contributed by atoms with Crippen LogP contribution in [0.4, 0.5) is 16.2 Å². The van der Waals surface area contributed by atoms with Crippen molar-refractivity contribution in [2.75, 3.05) is 17.2 Å². The molecule has 0 spiro atoms. The van der Waals surface area contributed by atoms with Crippen molar-refractivity contribution < 1.29 is 24.6 Å². The second-order valence-corrected chi connectivity index (χ2v) is 3.88. The summed E-state index contributed by atoms with van der Waals surface area (Å²) < 4.78 is 4.70. The predicted octanol–water partition coefficient (Wildman–Crippen LogP) is 0.487. The first-order valence-electron chi connectivity index (χ1n) is 5.31. The number of carbonyl (C=O) groups is 2. The molecule has 1 aliphatic rings. The molecule has 100 valence electrons. The maximum atomic E-state index is 11.6. The molecule has 8 nitrogen and oxygen atoms in total. The fraction of sp³-hybridized carbons (Fsp3) is 0.182. The number of nitrogen functional groups attached to an aromatic ring is 1. The van der Waals surface area contributed by atoms with Gasteiger partial charge < -0.3 is 20.8 Å². The van der Waals surface area contributed by atoms with E-state index in [1.165, 1.54) is 12.1 Å². The molecule has 1 unspecified atom stereocenters. The number of hydrogen-bond acceptors (Lipinski definition) is 6. The minimum Gasteiger partial charge on any atom is -0.478 e. The van der Waals surface area contributed by atoms with Crippen molar-refractivity contribution in [3.63, 3.8) is 0 Å². The first-order chi connectivity index (χ1) is 9.02. The SMILES string of the molecule is Nc1ccc(N2CC(C(=O)O)OC2=O)c(C=NO)c1. The summed E-state index contributed by atoms with van der Waals surface area (Å²) in [7, 11) is 0. The Balaban J connectivity index is 2.37. The van der Waals surface area contributed by atoms with Crippen LogP contribution in [-0.4, -0.2) is 41.2 Å². The van der Waals surface area contributed by atoms with Crippen molar-refractivity contribution in [3.8, 4) is 0 Å². The normalized spacial score (nSPS) is 18.8. The van der Waals surface area contributed by atoms with E-state index in [4.69, 9.17) is 20.8 Å². The molecular weight excluding hydrogens is 254 g/mol. The van der Waals surface area contributed by atoms with Crippen LogP contribution in [0.25, 0.3) is 0 Å². The first-order valence-corrected chi connectivity index (χ1v) is 5.31. The highest BCUT2D eigenvalue weighted by Crippen LogP contribution is 2.26. The highest BCUT2D eigenvalue weighted by molar-refractivity contribution is 5.99. The number of aliphatic carboxylic acids is 1. The number of rotatable bonds is 3. The molecule has 1 heterocycles. The van der Waals surface area contributed by atoms with Gasteiger partial charge in [-0.05, 0) is 18.2 Å². The standard InChI is InChI=1S/C11H11N3O5/c12-7-1-2-8(6(3-7)4-13-18)14-5-9(10(15)16)19-11(14)17/h1-4,9,18H,5,12H2,(H,15,16). The summed E-state index contributed by atoms with van der Waals surface area (Å²) in [5.74, 6) is -1.22. The third-order valence-corrected chi connectivity index (χ3v) is 2.63. The predicted molar refractivity (Wildman–Crippen MR) is 65.5 cm³/mol. The van der Waals surface area contributed by atoms with E-state index in [2.05, 4.69) is 5.16 Å². The van der Waals surface area contributed by atoms with Crippen molar-refractivity contribution in [2.24, 2.45) is 5.16 Å². The van der Waals surface area contributed by atoms with Gasteiger partial charge in [0, 0.05) is 11.3 Å². The van der Waals surface area contributed by atoms with Crippen LogP contribution < -0.4 is 10.6 Å². The van der Waals surface area contributed by atoms with E-state index in [9.17, 15) is 9.59 Å². The quantitative estimate of drug-likeness (QED) is 0.316. The van der Waals surface area contributed by atoms with E-state index in [0.717, 1.165) is 11.1 Å². The van der Waals surface area contributed by atoms with Gasteiger partial charge in [0.15, 0.2) is 0 Å². The van der Waals surface area contributed by atoms with E-state index in [1.807, 2.05) is 0 Å². The van der Waals surface area contributed by atoms with Crippen LogP contribution in [0, 0.1) is 0 Å². The molecule has 0 radical (unpaired) electrons. The van der Waals surface area contributed by atoms with Crippen molar-refractivity contribution >= 4 is 29.7 Å². The third-order valence-electron chi connectivity index (χ3n) is 2.63. The molecule has 0 bridgehead atoms. The van der Waals surface area contributed by atoms with Gasteiger partial charge in [0.1, 0.15) is 0 Å². The molecule has 1 atom stereocenters. The number of carboxylic acids is 1. The number of nitrogens with zero attached hydrogens (tertiary/aromatic N) is 2. The third kappa shape index (κ3) is 2.41. The van der Waals surface area contributed by atoms with Crippen LogP contribution in [-0.2, 0) is 9.53 Å². The Morgan fingerprint density at radius 3 is 2.89 bits per heavy atom. The Morgan fingerprint density at radius 1 is 1.58 bits per heavy atom. The number of ether oxygens (including phenoxy) is 1. The summed E-state index contributed by atoms with van der Waals surface area (Å²) in [6.07, 6.45) is -0.888. The molecular formula is C11H11N3O5. The van der Waals surface area contributed by atoms with Crippen LogP contribution >= 0.6 is 0 Å². The molecule has 19 heavy (non-hydrogen) atoms. The summed E-state index contributed by atoms with van der Waals surface area (Å²) in [6, 6.07) is 4.57. The van der Waals surface area contributed by atoms with Gasteiger partial charge in [-0.3, -0.25) is 4.90 Å². The second-order valence-electron chi connectivity index (χ2n) is 3.88. The number of benzene rings is 1. The second kappa shape index (κ2) is 4.84. The lowest BCUT2D eigenvalue weighted by atomic mass is 10.1. The van der Waals surface area contributed by atoms with Crippen molar-refractivity contribution in [1.29, 1.82) is 0 Å². The Labute approximate surface area is 107 Å². The Kier molecular flexibility index (Phi) is 3.23. The van der Waals surface area contributed by atoms with E-state index >= 15 is 0 Å². The molecule has 1 amide bonds. The summed E-state index contributed by atoms with van der Waals surface area (Å²) in [6.45, 7) is -0.121. The average Bonchev–Trinajstić information content (AvgIpc) is 2.72. The highest BCUT2D eigenvalue weighted by atomic mass is 16.6. The Bertz CT molecular complexity index is 557. The summed E-state index contributed by atoms with van der Waals surface area (Å²) >= 11 is 0. The fourth-order valence-electron chi connectivity index (χ4n) is 1.77. The number of nitrogens with two attached hydrogens (primary N) is 1. The van der Waals surface area contributed by atoms with Crippen LogP contribution in [0.5, 0.6) is 0 Å². The summed E-state index contributed by atoms with van der Waals surface area (Å²) in [5, 5.41) is 20.3. The minimum atomic E-state index is -1.22. The number of anilines is 2. The van der Waals surface area contributed by atoms with Gasteiger partial charge in [0.2, 0.25) is 6.10 Å². The smallest absolute Gasteiger partial charge is 0.415 e. The number of amides is 1. The lowest BCUT2D eigenvalue weighted by Crippen LogP contribution is -2.28. The summed E-state index contributed by atoms with van der Waals surface area (Å²) in [5.41, 5.74) is 6.75. The van der Waals surface area contributed by atoms with Gasteiger partial charge >= 0.3 is 12.1 Å². The van der Waals surface area contributed by atoms with E-state index in [-0.39, 0.29) is 6.54 Å². The maximum Gasteiger partial charge on any atom is 0.415 e. The number of hydrogen-bond donors (Lipinski definition) is 3. The van der Waals surface area contributed by atoms with Gasteiger partial charge in [0.25, 0.3) is 0 Å². The van der Waals surface area contributed by atoms with Gasteiger partial charge in [-0.25, -0.2) is 9.59 Å². The molecule has 0 saturated carbocycles. The Hall–Kier alpha value is -2.77. The van der Waals surface area contributed by atoms with E-state index in [0.29, 0.717) is 16.9 Å². The van der Waals surface area contributed by atoms with Gasteiger partial charge in [-0.1, -0.05) is 5.16 Å². The topological polar surface area (TPSA) is 125 Å². The number of carboxylic acid groups (broad SMARTS) is 1. The molecule has 1 aromatic rings. The van der Waals surface area contributed by atoms with E-state index < -0.39 is 18.2 Å². The molecule has 1 saturated heterocycles. The number of cyclic esters (lactones) is 1. The number of carbonyl (C=O) groups excluding carboxylic acids is 1. The first kappa shape index (κ1) is 12.7. The van der Waals surface area contributed by atoms with Gasteiger partial charge in [-0.15, -0.1) is 0 Å². The molecule has 8 heteroatoms. The van der Waals surface area contributed by atoms with Gasteiger partial charge in [-0.2, -0.15) is 0 Å². The highest BCUT2D eigenvalue weighted by Gasteiger charge is 2.37. The Morgan fingerprint density at radius 2 is 2.32 bits per heavy atom. The minimum absolute atomic E-state index is 0.121. The lowest BCUT2D eigenvalue weighted by molar-refractivity contribution is -0.144. The van der Waals surface area contributed by atoms with Crippen molar-refractivity contribution in [1.82, 2.24) is 0 Å². The van der Waals surface area contributed by atoms with Crippen LogP contribution in [0.2, 0.25) is 0 Å². The summed E-state index contributed by atoms with van der Waals surface area (Å²) in [4.78, 5) is 23.6. The molecule has 1 fully saturated rings. The maximum absolute atomic E-state index is 11.6. The van der Waals surface area contributed by atoms with Crippen molar-refractivity contribution in [2.45, 2.75) is 6.10 Å². The molecule has 0 aromatic heterocycles. The zero-order valence-electron chi connectivity index (χ0n) is 9.68. The molecule has 0 aliphatic carbocycles. The zero-order chi connectivity index (χ0) is 14.0. The molecule has 2 rings (SSSR count). The zero-order valence-corrected chi connectivity index (χ0v) is 9.68. The molecule has 1 aromatic carbocycles.